The van der Waals surface area contributed by atoms with Crippen molar-refractivity contribution < 1.29 is 4.74 Å². The highest BCUT2D eigenvalue weighted by atomic mass is 35.6. The third kappa shape index (κ3) is 3.56. The van der Waals surface area contributed by atoms with Gasteiger partial charge in [-0.3, -0.25) is 0 Å². The highest BCUT2D eigenvalue weighted by Crippen LogP contribution is 2.48. The summed E-state index contributed by atoms with van der Waals surface area (Å²) < 4.78 is 3.75. The first-order chi connectivity index (χ1) is 9.30. The van der Waals surface area contributed by atoms with Crippen LogP contribution in [0.1, 0.15) is 5.69 Å². The molecule has 0 aliphatic heterocycles. The number of alkyl halides is 3. The van der Waals surface area contributed by atoms with E-state index < -0.39 is 3.79 Å². The fourth-order valence-electron chi connectivity index (χ4n) is 1.38. The normalized spacial score (nSPS) is 11.5. The van der Waals surface area contributed by atoms with Crippen molar-refractivity contribution in [3.63, 3.8) is 0 Å². The zero-order chi connectivity index (χ0) is 14.9. The second-order valence-electron chi connectivity index (χ2n) is 3.62. The van der Waals surface area contributed by atoms with E-state index in [1.54, 1.807) is 24.3 Å². The Morgan fingerprint density at radius 1 is 0.900 bits per heavy atom. The summed E-state index contributed by atoms with van der Waals surface area (Å²) in [6, 6.07) is 8.85. The summed E-state index contributed by atoms with van der Waals surface area (Å²) in [5.74, 6) is 0.592. The van der Waals surface area contributed by atoms with E-state index in [0.29, 0.717) is 5.75 Å². The monoisotopic (exact) mass is 389 g/mol. The molecule has 0 aliphatic rings. The molecule has 0 fully saturated rings. The quantitative estimate of drug-likeness (QED) is 0.421. The van der Waals surface area contributed by atoms with Crippen LogP contribution in [0, 0.1) is 0 Å². The molecular formula is C12H5Cl6NO. The van der Waals surface area contributed by atoms with Crippen LogP contribution in [0.25, 0.3) is 0 Å². The van der Waals surface area contributed by atoms with Crippen LogP contribution < -0.4 is 4.74 Å². The topological polar surface area (TPSA) is 22.1 Å². The number of aromatic nitrogens is 1. The van der Waals surface area contributed by atoms with Crippen molar-refractivity contribution in [2.45, 2.75) is 3.79 Å². The van der Waals surface area contributed by atoms with E-state index in [1.165, 1.54) is 0 Å². The number of para-hydroxylation sites is 1. The first-order valence-electron chi connectivity index (χ1n) is 5.15. The number of benzene rings is 1. The van der Waals surface area contributed by atoms with Gasteiger partial charge in [-0.1, -0.05) is 87.8 Å². The minimum absolute atomic E-state index is 0.0109. The highest BCUT2D eigenvalue weighted by Gasteiger charge is 2.32. The molecule has 0 saturated heterocycles. The Hall–Kier alpha value is -0.0900. The van der Waals surface area contributed by atoms with Crippen molar-refractivity contribution in [1.29, 1.82) is 0 Å². The Bertz CT molecular complexity index is 626. The first kappa shape index (κ1) is 16.3. The van der Waals surface area contributed by atoms with Gasteiger partial charge in [0.25, 0.3) is 0 Å². The smallest absolute Gasteiger partial charge is 0.234 e. The van der Waals surface area contributed by atoms with Crippen molar-refractivity contribution in [3.8, 4) is 11.5 Å². The Labute approximate surface area is 145 Å². The molecule has 106 valence electrons. The predicted octanol–water partition coefficient (Wildman–Crippen LogP) is 6.66. The molecule has 1 heterocycles. The van der Waals surface area contributed by atoms with Gasteiger partial charge in [-0.15, -0.1) is 0 Å². The molecule has 2 rings (SSSR count). The van der Waals surface area contributed by atoms with Gasteiger partial charge in [-0.05, 0) is 12.1 Å². The summed E-state index contributed by atoms with van der Waals surface area (Å²) in [5, 5.41) is -0.0369. The average molecular weight is 392 g/mol. The molecule has 2 nitrogen and oxygen atoms in total. The average Bonchev–Trinajstić information content (AvgIpc) is 2.39. The van der Waals surface area contributed by atoms with Crippen molar-refractivity contribution in [3.05, 3.63) is 51.2 Å². The molecule has 8 heteroatoms. The minimum atomic E-state index is -1.85. The summed E-state index contributed by atoms with van der Waals surface area (Å²) in [7, 11) is 0. The van der Waals surface area contributed by atoms with Gasteiger partial charge in [-0.25, -0.2) is 4.98 Å². The van der Waals surface area contributed by atoms with E-state index in [1.807, 2.05) is 6.07 Å². The Morgan fingerprint density at radius 3 is 2.05 bits per heavy atom. The van der Waals surface area contributed by atoms with E-state index in [2.05, 4.69) is 4.98 Å². The fraction of sp³-hybridized carbons (Fsp3) is 0.0833. The van der Waals surface area contributed by atoms with Crippen LogP contribution in [0.2, 0.25) is 15.2 Å². The van der Waals surface area contributed by atoms with Crippen LogP contribution in [0.15, 0.2) is 30.3 Å². The number of nitrogens with zero attached hydrogens (tertiary/aromatic N) is 1. The maximum Gasteiger partial charge on any atom is 0.234 e. The predicted molar refractivity (Wildman–Crippen MR) is 85.0 cm³/mol. The van der Waals surface area contributed by atoms with Crippen molar-refractivity contribution in [2.75, 3.05) is 0 Å². The van der Waals surface area contributed by atoms with Gasteiger partial charge in [0.15, 0.2) is 10.9 Å². The van der Waals surface area contributed by atoms with Crippen LogP contribution in [0.3, 0.4) is 0 Å². The van der Waals surface area contributed by atoms with Crippen LogP contribution >= 0.6 is 69.6 Å². The molecule has 0 atom stereocenters. The van der Waals surface area contributed by atoms with Gasteiger partial charge in [-0.2, -0.15) is 0 Å². The lowest BCUT2D eigenvalue weighted by Gasteiger charge is -2.17. The third-order valence-electron chi connectivity index (χ3n) is 2.23. The lowest BCUT2D eigenvalue weighted by molar-refractivity contribution is 0.481. The van der Waals surface area contributed by atoms with Crippen molar-refractivity contribution in [2.24, 2.45) is 0 Å². The molecule has 20 heavy (non-hydrogen) atoms. The maximum atomic E-state index is 6.14. The van der Waals surface area contributed by atoms with Crippen LogP contribution in [-0.2, 0) is 3.79 Å². The third-order valence-corrected chi connectivity index (χ3v) is 3.84. The van der Waals surface area contributed by atoms with Gasteiger partial charge in [0.2, 0.25) is 3.79 Å². The molecule has 0 bridgehead atoms. The van der Waals surface area contributed by atoms with Gasteiger partial charge in [0.1, 0.15) is 21.5 Å². The zero-order valence-corrected chi connectivity index (χ0v) is 14.0. The van der Waals surface area contributed by atoms with Crippen LogP contribution in [0.5, 0.6) is 11.5 Å². The molecule has 2 aromatic rings. The number of rotatable bonds is 2. The fourth-order valence-corrected chi connectivity index (χ4v) is 2.64. The van der Waals surface area contributed by atoms with E-state index in [9.17, 15) is 0 Å². The minimum Gasteiger partial charge on any atom is -0.454 e. The van der Waals surface area contributed by atoms with Crippen LogP contribution in [-0.4, -0.2) is 4.98 Å². The summed E-state index contributed by atoms with van der Waals surface area (Å²) in [6.45, 7) is 0. The zero-order valence-electron chi connectivity index (χ0n) is 9.51. The molecule has 0 saturated carbocycles. The summed E-state index contributed by atoms with van der Waals surface area (Å²) in [5.41, 5.74) is -0.0514. The lowest BCUT2D eigenvalue weighted by atomic mass is 10.3. The number of halogens is 6. The molecule has 0 amide bonds. The second kappa shape index (κ2) is 6.35. The van der Waals surface area contributed by atoms with E-state index in [-0.39, 0.29) is 26.6 Å². The molecule has 0 aliphatic carbocycles. The molecule has 0 spiro atoms. The Balaban J connectivity index is 2.55. The molecule has 1 aromatic heterocycles. The molecule has 0 unspecified atom stereocenters. The molecule has 1 aromatic carbocycles. The number of ether oxygens (including phenoxy) is 1. The standard InChI is InChI=1S/C12H5Cl6NO/c13-7-9(20-6-4-2-1-3-5-6)8(14)11(15)19-10(7)12(16,17)18/h1-5H. The number of pyridine rings is 1. The van der Waals surface area contributed by atoms with Crippen molar-refractivity contribution >= 4 is 69.6 Å². The molecule has 0 N–H and O–H groups in total. The Morgan fingerprint density at radius 2 is 1.50 bits per heavy atom. The summed E-state index contributed by atoms with van der Waals surface area (Å²) in [6.07, 6.45) is 0. The number of hydrogen-bond donors (Lipinski definition) is 0. The first-order valence-corrected chi connectivity index (χ1v) is 7.42. The SMILES string of the molecule is Clc1nc(C(Cl)(Cl)Cl)c(Cl)c(Oc2ccccc2)c1Cl. The van der Waals surface area contributed by atoms with Crippen LogP contribution in [0.4, 0.5) is 0 Å². The highest BCUT2D eigenvalue weighted by molar-refractivity contribution is 6.67. The van der Waals surface area contributed by atoms with E-state index in [4.69, 9.17) is 74.3 Å². The van der Waals surface area contributed by atoms with Gasteiger partial charge >= 0.3 is 0 Å². The lowest BCUT2D eigenvalue weighted by Crippen LogP contribution is -2.06. The number of hydrogen-bond acceptors (Lipinski definition) is 2. The van der Waals surface area contributed by atoms with Gasteiger partial charge in [0.05, 0.1) is 0 Å². The van der Waals surface area contributed by atoms with Gasteiger partial charge in [0, 0.05) is 0 Å². The second-order valence-corrected chi connectivity index (χ2v) is 7.02. The summed E-state index contributed by atoms with van der Waals surface area (Å²) >= 11 is 35.4. The van der Waals surface area contributed by atoms with Gasteiger partial charge < -0.3 is 4.74 Å². The maximum absolute atomic E-state index is 6.14. The van der Waals surface area contributed by atoms with E-state index in [0.717, 1.165) is 0 Å². The molecular weight excluding hydrogens is 387 g/mol. The molecule has 0 radical (unpaired) electrons. The Kier molecular flexibility index (Phi) is 5.17. The van der Waals surface area contributed by atoms with E-state index >= 15 is 0 Å². The summed E-state index contributed by atoms with van der Waals surface area (Å²) in [4.78, 5) is 3.87. The van der Waals surface area contributed by atoms with Crippen molar-refractivity contribution in [1.82, 2.24) is 4.98 Å². The largest absolute Gasteiger partial charge is 0.454 e.